The maximum Gasteiger partial charge on any atom is 0.341 e. The molecule has 1 aliphatic rings. The number of benzene rings is 1. The zero-order chi connectivity index (χ0) is 19.9. The summed E-state index contributed by atoms with van der Waals surface area (Å²) in [6, 6.07) is 7.70. The monoisotopic (exact) mass is 461 g/mol. The molecule has 6 heteroatoms. The Morgan fingerprint density at radius 1 is 1.14 bits per heavy atom. The lowest BCUT2D eigenvalue weighted by Gasteiger charge is -2.11. The maximum atomic E-state index is 12.6. The van der Waals surface area contributed by atoms with Crippen LogP contribution in [0.2, 0.25) is 0 Å². The molecular weight excluding hydrogens is 438 g/mol. The molecule has 0 atom stereocenters. The highest BCUT2D eigenvalue weighted by Gasteiger charge is 2.25. The average molecular weight is 462 g/mol. The summed E-state index contributed by atoms with van der Waals surface area (Å²) in [4.78, 5) is 26.3. The molecule has 1 N–H and O–H groups in total. The standard InChI is InChI=1S/C22H24BrNO3S/c1-2-27-22(26)20-17-7-5-3-4-6-8-18(17)28-21(20)24-19(25)14-11-15-9-12-16(23)13-10-15/h9-14H,2-8H2,1H3,(H,24,25)/b14-11+. The molecule has 1 heterocycles. The molecule has 1 aromatic heterocycles. The first-order valence-electron chi connectivity index (χ1n) is 9.64. The lowest BCUT2D eigenvalue weighted by atomic mass is 9.96. The Kier molecular flexibility index (Phi) is 7.45. The fraction of sp³-hybridized carbons (Fsp3) is 0.364. The van der Waals surface area contributed by atoms with Gasteiger partial charge in [0, 0.05) is 15.4 Å². The molecule has 4 nitrogen and oxygen atoms in total. The van der Waals surface area contributed by atoms with Crippen molar-refractivity contribution in [2.45, 2.75) is 45.4 Å². The maximum absolute atomic E-state index is 12.6. The minimum atomic E-state index is -0.340. The van der Waals surface area contributed by atoms with E-state index in [2.05, 4.69) is 21.2 Å². The molecule has 0 radical (unpaired) electrons. The largest absolute Gasteiger partial charge is 0.462 e. The van der Waals surface area contributed by atoms with E-state index in [1.165, 1.54) is 35.1 Å². The number of rotatable bonds is 5. The van der Waals surface area contributed by atoms with Gasteiger partial charge in [-0.1, -0.05) is 40.9 Å². The van der Waals surface area contributed by atoms with Crippen LogP contribution >= 0.6 is 27.3 Å². The second-order valence-corrected chi connectivity index (χ2v) is 8.74. The number of halogens is 1. The van der Waals surface area contributed by atoms with Crippen LogP contribution in [0.5, 0.6) is 0 Å². The van der Waals surface area contributed by atoms with Gasteiger partial charge in [0.2, 0.25) is 5.91 Å². The Hall–Kier alpha value is -1.92. The van der Waals surface area contributed by atoms with Crippen molar-refractivity contribution in [1.82, 2.24) is 0 Å². The summed E-state index contributed by atoms with van der Waals surface area (Å²) in [5.41, 5.74) is 2.55. The van der Waals surface area contributed by atoms with Crippen molar-refractivity contribution in [1.29, 1.82) is 0 Å². The highest BCUT2D eigenvalue weighted by atomic mass is 79.9. The third kappa shape index (κ3) is 5.32. The minimum absolute atomic E-state index is 0.248. The molecule has 1 aliphatic carbocycles. The predicted octanol–water partition coefficient (Wildman–Crippen LogP) is 6.00. The molecule has 0 unspecified atom stereocenters. The number of aryl methyl sites for hydroxylation is 1. The average Bonchev–Trinajstić information content (AvgIpc) is 2.97. The molecule has 0 aliphatic heterocycles. The van der Waals surface area contributed by atoms with Gasteiger partial charge in [-0.25, -0.2) is 4.79 Å². The van der Waals surface area contributed by atoms with Gasteiger partial charge >= 0.3 is 5.97 Å². The van der Waals surface area contributed by atoms with Crippen molar-refractivity contribution in [3.8, 4) is 0 Å². The summed E-state index contributed by atoms with van der Waals surface area (Å²) in [7, 11) is 0. The number of anilines is 1. The molecule has 0 fully saturated rings. The molecule has 0 saturated heterocycles. The van der Waals surface area contributed by atoms with Gasteiger partial charge in [-0.2, -0.15) is 0 Å². The van der Waals surface area contributed by atoms with E-state index in [1.54, 1.807) is 13.0 Å². The minimum Gasteiger partial charge on any atom is -0.462 e. The van der Waals surface area contributed by atoms with Crippen LogP contribution in [-0.4, -0.2) is 18.5 Å². The summed E-state index contributed by atoms with van der Waals surface area (Å²) < 4.78 is 6.27. The lowest BCUT2D eigenvalue weighted by Crippen LogP contribution is -2.13. The summed E-state index contributed by atoms with van der Waals surface area (Å²) in [5.74, 6) is -0.588. The Morgan fingerprint density at radius 2 is 1.86 bits per heavy atom. The Morgan fingerprint density at radius 3 is 2.57 bits per heavy atom. The van der Waals surface area contributed by atoms with E-state index in [0.29, 0.717) is 17.2 Å². The van der Waals surface area contributed by atoms with Crippen molar-refractivity contribution in [3.05, 3.63) is 56.4 Å². The van der Waals surface area contributed by atoms with Crippen molar-refractivity contribution in [2.24, 2.45) is 0 Å². The summed E-state index contributed by atoms with van der Waals surface area (Å²) >= 11 is 4.91. The van der Waals surface area contributed by atoms with Crippen LogP contribution in [0.25, 0.3) is 6.08 Å². The van der Waals surface area contributed by atoms with Gasteiger partial charge in [0.1, 0.15) is 5.00 Å². The van der Waals surface area contributed by atoms with Crippen molar-refractivity contribution in [3.63, 3.8) is 0 Å². The normalized spacial score (nSPS) is 14.2. The number of carbonyl (C=O) groups excluding carboxylic acids is 2. The number of fused-ring (bicyclic) bond motifs is 1. The number of hydrogen-bond acceptors (Lipinski definition) is 4. The number of ether oxygens (including phenoxy) is 1. The van der Waals surface area contributed by atoms with Gasteiger partial charge in [-0.15, -0.1) is 11.3 Å². The van der Waals surface area contributed by atoms with Crippen molar-refractivity contribution in [2.75, 3.05) is 11.9 Å². The summed E-state index contributed by atoms with van der Waals surface area (Å²) in [6.07, 6.45) is 9.64. The third-order valence-corrected chi connectivity index (χ3v) is 6.42. The van der Waals surface area contributed by atoms with E-state index in [1.807, 2.05) is 24.3 Å². The quantitative estimate of drug-likeness (QED) is 0.438. The molecule has 148 valence electrons. The Bertz CT molecular complexity index is 871. The fourth-order valence-electron chi connectivity index (χ4n) is 3.33. The predicted molar refractivity (Wildman–Crippen MR) is 118 cm³/mol. The number of hydrogen-bond donors (Lipinski definition) is 1. The first-order chi connectivity index (χ1) is 13.6. The molecule has 0 bridgehead atoms. The SMILES string of the molecule is CCOC(=O)c1c(NC(=O)/C=C/c2ccc(Br)cc2)sc2c1CCCCCC2. The molecule has 0 saturated carbocycles. The van der Waals surface area contributed by atoms with Crippen LogP contribution in [0.4, 0.5) is 5.00 Å². The highest BCUT2D eigenvalue weighted by molar-refractivity contribution is 9.10. The third-order valence-electron chi connectivity index (χ3n) is 4.68. The van der Waals surface area contributed by atoms with Gasteiger partial charge in [0.25, 0.3) is 0 Å². The van der Waals surface area contributed by atoms with Crippen LogP contribution in [-0.2, 0) is 22.4 Å². The summed E-state index contributed by atoms with van der Waals surface area (Å²) in [5, 5.41) is 3.52. The van der Waals surface area contributed by atoms with E-state index in [-0.39, 0.29) is 11.9 Å². The molecule has 0 spiro atoms. The summed E-state index contributed by atoms with van der Waals surface area (Å²) in [6.45, 7) is 2.12. The topological polar surface area (TPSA) is 55.4 Å². The van der Waals surface area contributed by atoms with E-state index >= 15 is 0 Å². The molecular formula is C22H24BrNO3S. The highest BCUT2D eigenvalue weighted by Crippen LogP contribution is 2.37. The van der Waals surface area contributed by atoms with Gasteiger partial charge in [-0.05, 0) is 61.9 Å². The first kappa shape index (κ1) is 20.8. The van der Waals surface area contributed by atoms with Crippen LogP contribution < -0.4 is 5.32 Å². The Labute approximate surface area is 178 Å². The smallest absolute Gasteiger partial charge is 0.341 e. The number of thiophene rings is 1. The first-order valence-corrected chi connectivity index (χ1v) is 11.3. The van der Waals surface area contributed by atoms with E-state index in [9.17, 15) is 9.59 Å². The zero-order valence-corrected chi connectivity index (χ0v) is 18.3. The van der Waals surface area contributed by atoms with E-state index in [0.717, 1.165) is 41.3 Å². The van der Waals surface area contributed by atoms with E-state index in [4.69, 9.17) is 4.74 Å². The van der Waals surface area contributed by atoms with Crippen molar-refractivity contribution >= 4 is 50.2 Å². The number of amides is 1. The van der Waals surface area contributed by atoms with Gasteiger partial charge in [0.15, 0.2) is 0 Å². The number of nitrogens with one attached hydrogen (secondary N) is 1. The van der Waals surface area contributed by atoms with Crippen LogP contribution in [0.15, 0.2) is 34.8 Å². The Balaban J connectivity index is 1.83. The van der Waals surface area contributed by atoms with Crippen LogP contribution in [0.1, 0.15) is 59.0 Å². The van der Waals surface area contributed by atoms with Crippen LogP contribution in [0.3, 0.4) is 0 Å². The van der Waals surface area contributed by atoms with Gasteiger partial charge in [-0.3, -0.25) is 4.79 Å². The number of esters is 1. The molecule has 1 amide bonds. The molecule has 1 aromatic carbocycles. The second kappa shape index (κ2) is 10.0. The fourth-order valence-corrected chi connectivity index (χ4v) is 4.87. The second-order valence-electron chi connectivity index (χ2n) is 6.72. The van der Waals surface area contributed by atoms with Crippen LogP contribution in [0, 0.1) is 0 Å². The van der Waals surface area contributed by atoms with Gasteiger partial charge < -0.3 is 10.1 Å². The van der Waals surface area contributed by atoms with Crippen molar-refractivity contribution < 1.29 is 14.3 Å². The number of carbonyl (C=O) groups is 2. The molecule has 3 rings (SSSR count). The molecule has 2 aromatic rings. The lowest BCUT2D eigenvalue weighted by molar-refractivity contribution is -0.111. The van der Waals surface area contributed by atoms with E-state index < -0.39 is 0 Å². The molecule has 28 heavy (non-hydrogen) atoms. The van der Waals surface area contributed by atoms with Gasteiger partial charge in [0.05, 0.1) is 12.2 Å². The zero-order valence-electron chi connectivity index (χ0n) is 15.9.